The summed E-state index contributed by atoms with van der Waals surface area (Å²) in [5.74, 6) is 0.758. The number of hydrogen-bond donors (Lipinski definition) is 1. The van der Waals surface area contributed by atoms with Gasteiger partial charge in [0, 0.05) is 16.6 Å². The second kappa shape index (κ2) is 4.12. The van der Waals surface area contributed by atoms with Gasteiger partial charge in [0.25, 0.3) is 0 Å². The van der Waals surface area contributed by atoms with Crippen LogP contribution in [0.3, 0.4) is 0 Å². The molecule has 0 amide bonds. The summed E-state index contributed by atoms with van der Waals surface area (Å²) >= 11 is 9.16. The number of nitrogens with two attached hydrogens (primary N) is 1. The van der Waals surface area contributed by atoms with E-state index < -0.39 is 0 Å². The summed E-state index contributed by atoms with van der Waals surface area (Å²) in [6.07, 6.45) is 0. The van der Waals surface area contributed by atoms with Gasteiger partial charge < -0.3 is 10.5 Å². The van der Waals surface area contributed by atoms with Gasteiger partial charge in [0.15, 0.2) is 0 Å². The molecule has 0 aliphatic rings. The number of hydrogen-bond acceptors (Lipinski definition) is 2. The van der Waals surface area contributed by atoms with E-state index in [-0.39, 0.29) is 0 Å². The van der Waals surface area contributed by atoms with Crippen LogP contribution in [0.25, 0.3) is 0 Å². The van der Waals surface area contributed by atoms with Crippen LogP contribution >= 0.6 is 27.5 Å². The van der Waals surface area contributed by atoms with Gasteiger partial charge in [-0.1, -0.05) is 11.6 Å². The maximum atomic E-state index is 5.86. The molecule has 1 rings (SSSR count). The minimum atomic E-state index is 0.427. The van der Waals surface area contributed by atoms with Gasteiger partial charge in [-0.05, 0) is 28.1 Å². The zero-order chi connectivity index (χ0) is 9.14. The Morgan fingerprint density at radius 2 is 2.25 bits per heavy atom. The number of halogens is 2. The predicted octanol–water partition coefficient (Wildman–Crippen LogP) is 2.57. The van der Waals surface area contributed by atoms with Crippen molar-refractivity contribution in [2.75, 3.05) is 7.11 Å². The predicted molar refractivity (Wildman–Crippen MR) is 53.6 cm³/mol. The Labute approximate surface area is 84.8 Å². The van der Waals surface area contributed by atoms with E-state index >= 15 is 0 Å². The van der Waals surface area contributed by atoms with E-state index in [4.69, 9.17) is 22.1 Å². The quantitative estimate of drug-likeness (QED) is 0.875. The average molecular weight is 251 g/mol. The summed E-state index contributed by atoms with van der Waals surface area (Å²) in [7, 11) is 1.61. The molecule has 0 unspecified atom stereocenters. The molecule has 2 nitrogen and oxygen atoms in total. The Hall–Kier alpha value is -0.250. The summed E-state index contributed by atoms with van der Waals surface area (Å²) in [4.78, 5) is 0. The van der Waals surface area contributed by atoms with E-state index in [2.05, 4.69) is 15.9 Å². The van der Waals surface area contributed by atoms with E-state index in [0.29, 0.717) is 11.6 Å². The lowest BCUT2D eigenvalue weighted by Gasteiger charge is -2.07. The SMILES string of the molecule is COc1cc(Br)c(Cl)cc1CN. The summed E-state index contributed by atoms with van der Waals surface area (Å²) < 4.78 is 5.92. The monoisotopic (exact) mass is 249 g/mol. The van der Waals surface area contributed by atoms with E-state index in [1.54, 1.807) is 13.2 Å². The molecule has 12 heavy (non-hydrogen) atoms. The van der Waals surface area contributed by atoms with Crippen molar-refractivity contribution in [2.24, 2.45) is 5.73 Å². The van der Waals surface area contributed by atoms with Gasteiger partial charge in [0.1, 0.15) is 5.75 Å². The zero-order valence-corrected chi connectivity index (χ0v) is 8.95. The van der Waals surface area contributed by atoms with Gasteiger partial charge in [0.2, 0.25) is 0 Å². The molecule has 0 aliphatic carbocycles. The van der Waals surface area contributed by atoms with E-state index in [1.807, 2.05) is 6.07 Å². The van der Waals surface area contributed by atoms with Crippen molar-refractivity contribution in [1.29, 1.82) is 0 Å². The molecule has 0 atom stereocenters. The number of ether oxygens (including phenoxy) is 1. The van der Waals surface area contributed by atoms with Gasteiger partial charge in [-0.15, -0.1) is 0 Å². The van der Waals surface area contributed by atoms with Crippen molar-refractivity contribution >= 4 is 27.5 Å². The highest BCUT2D eigenvalue weighted by Gasteiger charge is 2.05. The highest BCUT2D eigenvalue weighted by molar-refractivity contribution is 9.10. The highest BCUT2D eigenvalue weighted by Crippen LogP contribution is 2.30. The van der Waals surface area contributed by atoms with Gasteiger partial charge in [-0.3, -0.25) is 0 Å². The summed E-state index contributed by atoms with van der Waals surface area (Å²) in [6, 6.07) is 3.61. The second-order valence-corrected chi connectivity index (χ2v) is 3.54. The minimum Gasteiger partial charge on any atom is -0.496 e. The third kappa shape index (κ3) is 1.91. The minimum absolute atomic E-state index is 0.427. The molecule has 1 aromatic carbocycles. The van der Waals surface area contributed by atoms with Gasteiger partial charge >= 0.3 is 0 Å². The van der Waals surface area contributed by atoms with Gasteiger partial charge in [0.05, 0.1) is 12.1 Å². The van der Waals surface area contributed by atoms with Crippen molar-refractivity contribution < 1.29 is 4.74 Å². The first-order chi connectivity index (χ1) is 5.69. The first-order valence-electron chi connectivity index (χ1n) is 3.41. The van der Waals surface area contributed by atoms with Gasteiger partial charge in [-0.25, -0.2) is 0 Å². The van der Waals surface area contributed by atoms with Crippen LogP contribution in [0.15, 0.2) is 16.6 Å². The van der Waals surface area contributed by atoms with Crippen LogP contribution in [0, 0.1) is 0 Å². The Morgan fingerprint density at radius 3 is 2.75 bits per heavy atom. The molecule has 0 spiro atoms. The molecule has 0 aliphatic heterocycles. The Morgan fingerprint density at radius 1 is 1.58 bits per heavy atom. The summed E-state index contributed by atoms with van der Waals surface area (Å²) in [6.45, 7) is 0.427. The molecule has 0 saturated carbocycles. The van der Waals surface area contributed by atoms with Crippen molar-refractivity contribution in [1.82, 2.24) is 0 Å². The topological polar surface area (TPSA) is 35.2 Å². The number of benzene rings is 1. The maximum absolute atomic E-state index is 5.86. The molecule has 0 heterocycles. The fourth-order valence-corrected chi connectivity index (χ4v) is 1.43. The lowest BCUT2D eigenvalue weighted by Crippen LogP contribution is -1.99. The van der Waals surface area contributed by atoms with Crippen molar-refractivity contribution in [3.8, 4) is 5.75 Å². The van der Waals surface area contributed by atoms with Crippen LogP contribution in [0.4, 0.5) is 0 Å². The molecule has 0 fully saturated rings. The molecule has 0 bridgehead atoms. The van der Waals surface area contributed by atoms with E-state index in [0.717, 1.165) is 15.8 Å². The molecule has 0 radical (unpaired) electrons. The smallest absolute Gasteiger partial charge is 0.124 e. The molecule has 2 N–H and O–H groups in total. The van der Waals surface area contributed by atoms with Crippen LogP contribution in [-0.2, 0) is 6.54 Å². The van der Waals surface area contributed by atoms with Gasteiger partial charge in [-0.2, -0.15) is 0 Å². The first-order valence-corrected chi connectivity index (χ1v) is 4.58. The van der Waals surface area contributed by atoms with Crippen LogP contribution in [-0.4, -0.2) is 7.11 Å². The molecule has 0 saturated heterocycles. The van der Waals surface area contributed by atoms with Crippen molar-refractivity contribution in [3.05, 3.63) is 27.2 Å². The fourth-order valence-electron chi connectivity index (χ4n) is 0.919. The number of rotatable bonds is 2. The van der Waals surface area contributed by atoms with Crippen molar-refractivity contribution in [2.45, 2.75) is 6.54 Å². The average Bonchev–Trinajstić information content (AvgIpc) is 2.09. The maximum Gasteiger partial charge on any atom is 0.124 e. The molecule has 4 heteroatoms. The van der Waals surface area contributed by atoms with Crippen LogP contribution in [0.1, 0.15) is 5.56 Å². The van der Waals surface area contributed by atoms with Crippen LogP contribution in [0.5, 0.6) is 5.75 Å². The molecular formula is C8H9BrClNO. The number of methoxy groups -OCH3 is 1. The molecule has 0 aromatic heterocycles. The largest absolute Gasteiger partial charge is 0.496 e. The Kier molecular flexibility index (Phi) is 3.38. The highest BCUT2D eigenvalue weighted by atomic mass is 79.9. The lowest BCUT2D eigenvalue weighted by molar-refractivity contribution is 0.409. The standard InChI is InChI=1S/C8H9BrClNO/c1-12-8-3-6(9)7(10)2-5(8)4-11/h2-3H,4,11H2,1H3. The first kappa shape index (κ1) is 9.84. The van der Waals surface area contributed by atoms with E-state index in [1.165, 1.54) is 0 Å². The van der Waals surface area contributed by atoms with Crippen LogP contribution in [0.2, 0.25) is 5.02 Å². The van der Waals surface area contributed by atoms with Crippen LogP contribution < -0.4 is 10.5 Å². The second-order valence-electron chi connectivity index (χ2n) is 2.28. The molecule has 66 valence electrons. The summed E-state index contributed by atoms with van der Waals surface area (Å²) in [5.41, 5.74) is 6.40. The normalized spacial score (nSPS) is 10.0. The third-order valence-electron chi connectivity index (χ3n) is 1.54. The lowest BCUT2D eigenvalue weighted by atomic mass is 10.2. The zero-order valence-electron chi connectivity index (χ0n) is 6.60. The Bertz CT molecular complexity index is 262. The third-order valence-corrected chi connectivity index (χ3v) is 2.74. The molecule has 1 aromatic rings. The molecular weight excluding hydrogens is 241 g/mol. The fraction of sp³-hybridized carbons (Fsp3) is 0.250. The van der Waals surface area contributed by atoms with Crippen molar-refractivity contribution in [3.63, 3.8) is 0 Å². The van der Waals surface area contributed by atoms with E-state index in [9.17, 15) is 0 Å². The summed E-state index contributed by atoms with van der Waals surface area (Å²) in [5, 5.41) is 0.649. The Balaban J connectivity index is 3.19.